The Kier molecular flexibility index (Phi) is 5.05. The highest BCUT2D eigenvalue weighted by Gasteiger charge is 2.18. The summed E-state index contributed by atoms with van der Waals surface area (Å²) in [6, 6.07) is 1.03. The second-order valence-corrected chi connectivity index (χ2v) is 4.61. The quantitative estimate of drug-likeness (QED) is 0.691. The van der Waals surface area contributed by atoms with E-state index < -0.39 is 0 Å². The van der Waals surface area contributed by atoms with Crippen molar-refractivity contribution in [3.05, 3.63) is 0 Å². The minimum Gasteiger partial charge on any atom is -0.369 e. The van der Waals surface area contributed by atoms with Crippen molar-refractivity contribution in [2.24, 2.45) is 5.73 Å². The van der Waals surface area contributed by atoms with Crippen LogP contribution in [0.3, 0.4) is 0 Å². The molecule has 1 amide bonds. The summed E-state index contributed by atoms with van der Waals surface area (Å²) < 4.78 is 0. The number of carbonyl (C=O) groups excluding carboxylic acids is 1. The van der Waals surface area contributed by atoms with Crippen LogP contribution in [-0.4, -0.2) is 43.0 Å². The zero-order valence-corrected chi connectivity index (χ0v) is 9.83. The van der Waals surface area contributed by atoms with Gasteiger partial charge in [-0.15, -0.1) is 0 Å². The molecule has 1 saturated heterocycles. The molecule has 4 heteroatoms. The van der Waals surface area contributed by atoms with E-state index in [4.69, 9.17) is 5.73 Å². The first-order valence-corrected chi connectivity index (χ1v) is 5.81. The first kappa shape index (κ1) is 12.5. The number of nitrogens with one attached hydrogen (secondary N) is 1. The lowest BCUT2D eigenvalue weighted by atomic mass is 9.98. The number of rotatable bonds is 5. The Labute approximate surface area is 92.2 Å². The molecule has 0 aromatic carbocycles. The summed E-state index contributed by atoms with van der Waals surface area (Å²) >= 11 is 0. The van der Waals surface area contributed by atoms with Gasteiger partial charge < -0.3 is 11.1 Å². The number of piperidine rings is 1. The van der Waals surface area contributed by atoms with Gasteiger partial charge in [0.05, 0.1) is 6.54 Å². The Bertz CT molecular complexity index is 202. The Morgan fingerprint density at radius 2 is 2.33 bits per heavy atom. The van der Waals surface area contributed by atoms with Gasteiger partial charge in [0.1, 0.15) is 0 Å². The standard InChI is InChI=1S/C11H23N3O/c1-9(14(2)8-11(12)15)7-10-5-3-4-6-13-10/h9-10,13H,3-8H2,1-2H3,(H2,12,15). The molecule has 0 bridgehead atoms. The molecule has 1 rings (SSSR count). The van der Waals surface area contributed by atoms with E-state index in [9.17, 15) is 4.79 Å². The van der Waals surface area contributed by atoms with Crippen molar-refractivity contribution < 1.29 is 4.79 Å². The fourth-order valence-electron chi connectivity index (χ4n) is 2.12. The summed E-state index contributed by atoms with van der Waals surface area (Å²) in [5.74, 6) is -0.249. The average Bonchev–Trinajstić information content (AvgIpc) is 2.18. The van der Waals surface area contributed by atoms with Gasteiger partial charge in [0.15, 0.2) is 0 Å². The number of nitrogens with two attached hydrogens (primary N) is 1. The molecule has 3 N–H and O–H groups in total. The molecule has 0 aromatic rings. The van der Waals surface area contributed by atoms with Gasteiger partial charge in [-0.05, 0) is 39.8 Å². The largest absolute Gasteiger partial charge is 0.369 e. The summed E-state index contributed by atoms with van der Waals surface area (Å²) in [6.45, 7) is 3.64. The van der Waals surface area contributed by atoms with Gasteiger partial charge >= 0.3 is 0 Å². The van der Waals surface area contributed by atoms with Crippen LogP contribution in [0.5, 0.6) is 0 Å². The van der Waals surface area contributed by atoms with Crippen LogP contribution in [0.25, 0.3) is 0 Å². The number of amides is 1. The topological polar surface area (TPSA) is 58.4 Å². The first-order valence-electron chi connectivity index (χ1n) is 5.81. The van der Waals surface area contributed by atoms with Crippen LogP contribution in [-0.2, 0) is 4.79 Å². The Morgan fingerprint density at radius 1 is 1.60 bits per heavy atom. The van der Waals surface area contributed by atoms with Crippen molar-refractivity contribution in [1.29, 1.82) is 0 Å². The van der Waals surface area contributed by atoms with Crippen molar-refractivity contribution in [2.45, 2.75) is 44.7 Å². The molecule has 0 aliphatic carbocycles. The predicted octanol–water partition coefficient (Wildman–Crippen LogP) is 0.324. The van der Waals surface area contributed by atoms with Crippen LogP contribution in [0.1, 0.15) is 32.6 Å². The molecule has 4 nitrogen and oxygen atoms in total. The highest BCUT2D eigenvalue weighted by molar-refractivity contribution is 5.75. The molecule has 88 valence electrons. The zero-order valence-electron chi connectivity index (χ0n) is 9.83. The van der Waals surface area contributed by atoms with E-state index in [1.165, 1.54) is 19.3 Å². The third-order valence-corrected chi connectivity index (χ3v) is 3.20. The summed E-state index contributed by atoms with van der Waals surface area (Å²) in [7, 11) is 1.96. The summed E-state index contributed by atoms with van der Waals surface area (Å²) in [6.07, 6.45) is 4.98. The molecule has 0 radical (unpaired) electrons. The van der Waals surface area contributed by atoms with Crippen LogP contribution in [0.4, 0.5) is 0 Å². The second kappa shape index (κ2) is 6.08. The monoisotopic (exact) mass is 213 g/mol. The minimum atomic E-state index is -0.249. The van der Waals surface area contributed by atoms with Gasteiger partial charge in [0.2, 0.25) is 5.91 Å². The lowest BCUT2D eigenvalue weighted by molar-refractivity contribution is -0.119. The van der Waals surface area contributed by atoms with E-state index in [0.29, 0.717) is 18.6 Å². The van der Waals surface area contributed by atoms with Crippen molar-refractivity contribution in [2.75, 3.05) is 20.1 Å². The van der Waals surface area contributed by atoms with Crippen LogP contribution in [0.2, 0.25) is 0 Å². The Balaban J connectivity index is 2.26. The van der Waals surface area contributed by atoms with Gasteiger partial charge in [-0.2, -0.15) is 0 Å². The number of nitrogens with zero attached hydrogens (tertiary/aromatic N) is 1. The second-order valence-electron chi connectivity index (χ2n) is 4.61. The van der Waals surface area contributed by atoms with Crippen molar-refractivity contribution >= 4 is 5.91 Å². The van der Waals surface area contributed by atoms with E-state index in [0.717, 1.165) is 13.0 Å². The SMILES string of the molecule is CC(CC1CCCCN1)N(C)CC(N)=O. The normalized spacial score (nSPS) is 24.1. The zero-order chi connectivity index (χ0) is 11.3. The van der Waals surface area contributed by atoms with Crippen LogP contribution < -0.4 is 11.1 Å². The van der Waals surface area contributed by atoms with Crippen molar-refractivity contribution in [3.8, 4) is 0 Å². The lowest BCUT2D eigenvalue weighted by Crippen LogP contribution is -2.43. The molecule has 0 saturated carbocycles. The number of hydrogen-bond acceptors (Lipinski definition) is 3. The van der Waals surface area contributed by atoms with E-state index in [1.54, 1.807) is 0 Å². The van der Waals surface area contributed by atoms with Crippen LogP contribution in [0.15, 0.2) is 0 Å². The average molecular weight is 213 g/mol. The van der Waals surface area contributed by atoms with E-state index in [-0.39, 0.29) is 5.91 Å². The van der Waals surface area contributed by atoms with Crippen LogP contribution in [0, 0.1) is 0 Å². The third-order valence-electron chi connectivity index (χ3n) is 3.20. The summed E-state index contributed by atoms with van der Waals surface area (Å²) in [4.78, 5) is 12.8. The number of likely N-dealkylation sites (N-methyl/N-ethyl adjacent to an activating group) is 1. The number of carbonyl (C=O) groups is 1. The summed E-state index contributed by atoms with van der Waals surface area (Å²) in [5, 5.41) is 3.52. The molecule has 0 spiro atoms. The highest BCUT2D eigenvalue weighted by Crippen LogP contribution is 2.13. The first-order chi connectivity index (χ1) is 7.09. The maximum Gasteiger partial charge on any atom is 0.231 e. The smallest absolute Gasteiger partial charge is 0.231 e. The highest BCUT2D eigenvalue weighted by atomic mass is 16.1. The van der Waals surface area contributed by atoms with Gasteiger partial charge in [-0.25, -0.2) is 0 Å². The van der Waals surface area contributed by atoms with Gasteiger partial charge in [-0.1, -0.05) is 6.42 Å². The van der Waals surface area contributed by atoms with Crippen molar-refractivity contribution in [1.82, 2.24) is 10.2 Å². The molecular formula is C11H23N3O. The maximum absolute atomic E-state index is 10.8. The minimum absolute atomic E-state index is 0.249. The molecule has 15 heavy (non-hydrogen) atoms. The third kappa shape index (κ3) is 4.62. The Morgan fingerprint density at radius 3 is 2.87 bits per heavy atom. The predicted molar refractivity (Wildman–Crippen MR) is 61.5 cm³/mol. The van der Waals surface area contributed by atoms with E-state index in [1.807, 2.05) is 11.9 Å². The molecule has 2 unspecified atom stereocenters. The maximum atomic E-state index is 10.8. The van der Waals surface area contributed by atoms with Gasteiger partial charge in [-0.3, -0.25) is 9.69 Å². The van der Waals surface area contributed by atoms with E-state index in [2.05, 4.69) is 12.2 Å². The number of hydrogen-bond donors (Lipinski definition) is 2. The molecule has 1 fully saturated rings. The molecular weight excluding hydrogens is 190 g/mol. The Hall–Kier alpha value is -0.610. The lowest BCUT2D eigenvalue weighted by Gasteiger charge is -2.30. The molecule has 1 aliphatic rings. The van der Waals surface area contributed by atoms with E-state index >= 15 is 0 Å². The van der Waals surface area contributed by atoms with Crippen LogP contribution >= 0.6 is 0 Å². The van der Waals surface area contributed by atoms with Gasteiger partial charge in [0.25, 0.3) is 0 Å². The summed E-state index contributed by atoms with van der Waals surface area (Å²) in [5.41, 5.74) is 5.17. The molecule has 1 aliphatic heterocycles. The fourth-order valence-corrected chi connectivity index (χ4v) is 2.12. The number of primary amides is 1. The fraction of sp³-hybridized carbons (Fsp3) is 0.909. The van der Waals surface area contributed by atoms with Gasteiger partial charge in [0, 0.05) is 12.1 Å². The molecule has 0 aromatic heterocycles. The molecule has 1 heterocycles. The van der Waals surface area contributed by atoms with Crippen molar-refractivity contribution in [3.63, 3.8) is 0 Å². The molecule has 2 atom stereocenters.